The monoisotopic (exact) mass is 361 g/mol. The maximum Gasteiger partial charge on any atom is 0.407 e. The summed E-state index contributed by atoms with van der Waals surface area (Å²) in [6.07, 6.45) is -0.626. The number of rotatable bonds is 3. The van der Waals surface area contributed by atoms with Crippen molar-refractivity contribution in [2.75, 3.05) is 6.54 Å². The molecule has 3 heterocycles. The summed E-state index contributed by atoms with van der Waals surface area (Å²) in [6.45, 7) is 8.24. The summed E-state index contributed by atoms with van der Waals surface area (Å²) in [4.78, 5) is 31.2. The van der Waals surface area contributed by atoms with Crippen LogP contribution in [0.2, 0.25) is 0 Å². The van der Waals surface area contributed by atoms with E-state index in [0.29, 0.717) is 30.4 Å². The molecule has 0 radical (unpaired) electrons. The van der Waals surface area contributed by atoms with Gasteiger partial charge in [0, 0.05) is 18.5 Å². The molecular formula is C17H23N5O4. The molecule has 9 heteroatoms. The van der Waals surface area contributed by atoms with Gasteiger partial charge >= 0.3 is 11.8 Å². The highest BCUT2D eigenvalue weighted by molar-refractivity contribution is 5.66. The topological polar surface area (TPSA) is 124 Å². The van der Waals surface area contributed by atoms with E-state index in [1.54, 1.807) is 12.1 Å². The zero-order chi connectivity index (χ0) is 19.1. The molecule has 2 atom stereocenters. The molecule has 3 N–H and O–H groups in total. The minimum atomic E-state index is -0.942. The third kappa shape index (κ3) is 3.71. The highest BCUT2D eigenvalue weighted by atomic mass is 16.5. The first-order valence-electron chi connectivity index (χ1n) is 8.43. The minimum absolute atomic E-state index is 0.128. The van der Waals surface area contributed by atoms with Crippen molar-refractivity contribution in [1.29, 1.82) is 0 Å². The van der Waals surface area contributed by atoms with Crippen LogP contribution in [-0.2, 0) is 0 Å². The van der Waals surface area contributed by atoms with Gasteiger partial charge in [-0.15, -0.1) is 0 Å². The molecule has 1 amide bonds. The normalized spacial score (nSPS) is 20.4. The molecule has 1 fully saturated rings. The number of pyridine rings is 1. The van der Waals surface area contributed by atoms with Gasteiger partial charge < -0.3 is 14.7 Å². The lowest BCUT2D eigenvalue weighted by Crippen LogP contribution is -2.42. The Hall–Kier alpha value is -2.84. The molecule has 1 aliphatic rings. The SMILES string of the molecule is Cc1cc(OC2CC(C(C)(C)C)N(C(=O)O)C2)nc(-c2n[nH]c(=O)[nH]2)c1. The van der Waals surface area contributed by atoms with Gasteiger partial charge in [-0.2, -0.15) is 5.10 Å². The van der Waals surface area contributed by atoms with Crippen LogP contribution in [0.1, 0.15) is 32.8 Å². The van der Waals surface area contributed by atoms with Crippen LogP contribution in [0, 0.1) is 12.3 Å². The zero-order valence-electron chi connectivity index (χ0n) is 15.2. The molecule has 0 bridgehead atoms. The van der Waals surface area contributed by atoms with E-state index in [1.807, 2.05) is 27.7 Å². The fraction of sp³-hybridized carbons (Fsp3) is 0.529. The number of hydrogen-bond donors (Lipinski definition) is 3. The minimum Gasteiger partial charge on any atom is -0.472 e. The lowest BCUT2D eigenvalue weighted by molar-refractivity contribution is 0.105. The number of likely N-dealkylation sites (tertiary alicyclic amines) is 1. The Morgan fingerprint density at radius 2 is 2.12 bits per heavy atom. The van der Waals surface area contributed by atoms with Gasteiger partial charge in [0.25, 0.3) is 0 Å². The van der Waals surface area contributed by atoms with Crippen molar-refractivity contribution in [2.45, 2.75) is 46.3 Å². The van der Waals surface area contributed by atoms with Crippen LogP contribution >= 0.6 is 0 Å². The predicted octanol–water partition coefficient (Wildman–Crippen LogP) is 2.01. The van der Waals surface area contributed by atoms with Crippen LogP contribution in [0.4, 0.5) is 4.79 Å². The van der Waals surface area contributed by atoms with Crippen LogP contribution in [0.3, 0.4) is 0 Å². The lowest BCUT2D eigenvalue weighted by atomic mass is 9.85. The van der Waals surface area contributed by atoms with Gasteiger partial charge in [0.1, 0.15) is 11.8 Å². The van der Waals surface area contributed by atoms with Crippen LogP contribution in [0.15, 0.2) is 16.9 Å². The smallest absolute Gasteiger partial charge is 0.407 e. The van der Waals surface area contributed by atoms with Gasteiger partial charge in [0.2, 0.25) is 5.88 Å². The van der Waals surface area contributed by atoms with Crippen molar-refractivity contribution >= 4 is 6.09 Å². The number of nitrogens with one attached hydrogen (secondary N) is 2. The van der Waals surface area contributed by atoms with Gasteiger partial charge in [-0.05, 0) is 24.0 Å². The average molecular weight is 361 g/mol. The summed E-state index contributed by atoms with van der Waals surface area (Å²) in [5.74, 6) is 0.712. The fourth-order valence-electron chi connectivity index (χ4n) is 3.29. The summed E-state index contributed by atoms with van der Waals surface area (Å²) in [6, 6.07) is 3.44. The van der Waals surface area contributed by atoms with Crippen molar-refractivity contribution < 1.29 is 14.6 Å². The van der Waals surface area contributed by atoms with Gasteiger partial charge in [-0.1, -0.05) is 20.8 Å². The Balaban J connectivity index is 1.82. The van der Waals surface area contributed by atoms with Crippen LogP contribution in [0.5, 0.6) is 5.88 Å². The van der Waals surface area contributed by atoms with Crippen molar-refractivity contribution in [3.8, 4) is 17.4 Å². The number of hydrogen-bond acceptors (Lipinski definition) is 5. The van der Waals surface area contributed by atoms with E-state index in [4.69, 9.17) is 4.74 Å². The summed E-state index contributed by atoms with van der Waals surface area (Å²) in [5.41, 5.74) is 0.788. The second kappa shape index (κ2) is 6.47. The van der Waals surface area contributed by atoms with E-state index in [2.05, 4.69) is 20.2 Å². The van der Waals surface area contributed by atoms with E-state index in [9.17, 15) is 14.7 Å². The van der Waals surface area contributed by atoms with Crippen molar-refractivity contribution in [3.05, 3.63) is 28.2 Å². The average Bonchev–Trinajstić information content (AvgIpc) is 3.13. The lowest BCUT2D eigenvalue weighted by Gasteiger charge is -2.32. The van der Waals surface area contributed by atoms with E-state index >= 15 is 0 Å². The van der Waals surface area contributed by atoms with Crippen LogP contribution < -0.4 is 10.4 Å². The van der Waals surface area contributed by atoms with Gasteiger partial charge in [-0.3, -0.25) is 4.98 Å². The molecule has 2 aromatic rings. The molecule has 2 unspecified atom stereocenters. The van der Waals surface area contributed by atoms with Crippen LogP contribution in [-0.4, -0.2) is 55.0 Å². The quantitative estimate of drug-likeness (QED) is 0.768. The number of aryl methyl sites for hydroxylation is 1. The molecule has 0 saturated carbocycles. The molecule has 0 aliphatic carbocycles. The zero-order valence-corrected chi connectivity index (χ0v) is 15.2. The molecule has 0 spiro atoms. The first-order valence-corrected chi connectivity index (χ1v) is 8.43. The maximum absolute atomic E-state index is 11.6. The first kappa shape index (κ1) is 18.0. The molecule has 140 valence electrons. The Morgan fingerprint density at radius 3 is 2.65 bits per heavy atom. The van der Waals surface area contributed by atoms with Gasteiger partial charge in [0.05, 0.1) is 6.54 Å². The Labute approximate surface area is 150 Å². The van der Waals surface area contributed by atoms with E-state index in [-0.39, 0.29) is 17.6 Å². The Morgan fingerprint density at radius 1 is 1.38 bits per heavy atom. The standard InChI is InChI=1S/C17H23N5O4/c1-9-5-11(14-19-15(23)21-20-14)18-13(6-9)26-10-7-12(17(2,3)4)22(8-10)16(24)25/h5-6,10,12H,7-8H2,1-4H3,(H,24,25)(H2,19,20,21,23). The van der Waals surface area contributed by atoms with Crippen molar-refractivity contribution in [1.82, 2.24) is 25.1 Å². The predicted molar refractivity (Wildman–Crippen MR) is 94.2 cm³/mol. The number of nitrogens with zero attached hydrogens (tertiary/aromatic N) is 3. The maximum atomic E-state index is 11.6. The summed E-state index contributed by atoms with van der Waals surface area (Å²) >= 11 is 0. The molecule has 9 nitrogen and oxygen atoms in total. The van der Waals surface area contributed by atoms with Gasteiger partial charge in [-0.25, -0.2) is 19.7 Å². The number of carboxylic acid groups (broad SMARTS) is 1. The number of carbonyl (C=O) groups is 1. The second-order valence-electron chi connectivity index (χ2n) is 7.69. The molecule has 0 aromatic carbocycles. The molecule has 1 aliphatic heterocycles. The molecule has 1 saturated heterocycles. The van der Waals surface area contributed by atoms with E-state index in [1.165, 1.54) is 4.90 Å². The van der Waals surface area contributed by atoms with E-state index < -0.39 is 11.8 Å². The molecule has 3 rings (SSSR count). The number of aromatic nitrogens is 4. The highest BCUT2D eigenvalue weighted by Gasteiger charge is 2.42. The van der Waals surface area contributed by atoms with Crippen molar-refractivity contribution in [2.24, 2.45) is 5.41 Å². The second-order valence-corrected chi connectivity index (χ2v) is 7.69. The first-order chi connectivity index (χ1) is 12.1. The van der Waals surface area contributed by atoms with E-state index in [0.717, 1.165) is 5.56 Å². The Kier molecular flexibility index (Phi) is 4.47. The highest BCUT2D eigenvalue weighted by Crippen LogP contribution is 2.34. The largest absolute Gasteiger partial charge is 0.472 e. The number of H-pyrrole nitrogens is 2. The summed E-state index contributed by atoms with van der Waals surface area (Å²) in [5, 5.41) is 15.7. The third-order valence-electron chi connectivity index (χ3n) is 4.49. The fourth-order valence-corrected chi connectivity index (χ4v) is 3.29. The van der Waals surface area contributed by atoms with Crippen molar-refractivity contribution in [3.63, 3.8) is 0 Å². The summed E-state index contributed by atoms with van der Waals surface area (Å²) in [7, 11) is 0. The number of ether oxygens (including phenoxy) is 1. The molecule has 2 aromatic heterocycles. The third-order valence-corrected chi connectivity index (χ3v) is 4.49. The number of aromatic amines is 2. The number of amides is 1. The van der Waals surface area contributed by atoms with Gasteiger partial charge in [0.15, 0.2) is 5.82 Å². The molecular weight excluding hydrogens is 338 g/mol. The molecule has 26 heavy (non-hydrogen) atoms. The summed E-state index contributed by atoms with van der Waals surface area (Å²) < 4.78 is 5.98. The van der Waals surface area contributed by atoms with Crippen LogP contribution in [0.25, 0.3) is 11.5 Å². The Bertz CT molecular complexity index is 867.